The smallest absolute Gasteiger partial charge is 0.319 e. The molecule has 1 aliphatic rings. The van der Waals surface area contributed by atoms with Crippen molar-refractivity contribution in [3.05, 3.63) is 77.9 Å². The van der Waals surface area contributed by atoms with Crippen LogP contribution in [0.15, 0.2) is 66.7 Å². The molecule has 0 bridgehead atoms. The first-order chi connectivity index (χ1) is 11.3. The summed E-state index contributed by atoms with van der Waals surface area (Å²) in [7, 11) is 0. The Hall–Kier alpha value is -2.81. The molecular weight excluding hydrogens is 284 g/mol. The number of aryl methyl sites for hydroxylation is 1. The molecule has 0 aliphatic heterocycles. The van der Waals surface area contributed by atoms with Gasteiger partial charge >= 0.3 is 6.03 Å². The number of nitrogens with one attached hydrogen (secondary N) is 2. The second kappa shape index (κ2) is 5.76. The third-order valence-corrected chi connectivity index (χ3v) is 4.48. The molecule has 2 N–H and O–H groups in total. The molecule has 1 atom stereocenters. The van der Waals surface area contributed by atoms with E-state index in [9.17, 15) is 4.79 Å². The zero-order valence-electron chi connectivity index (χ0n) is 12.8. The Bertz CT molecular complexity index is 867. The number of urea groups is 1. The summed E-state index contributed by atoms with van der Waals surface area (Å²) in [6, 6.07) is 22.3. The van der Waals surface area contributed by atoms with Crippen LogP contribution in [0.4, 0.5) is 10.5 Å². The van der Waals surface area contributed by atoms with Crippen LogP contribution in [0.1, 0.15) is 23.6 Å². The molecule has 3 heteroatoms. The van der Waals surface area contributed by atoms with Gasteiger partial charge in [0.25, 0.3) is 0 Å². The van der Waals surface area contributed by atoms with Crippen LogP contribution in [0.3, 0.4) is 0 Å². The highest BCUT2D eigenvalue weighted by atomic mass is 16.2. The molecule has 0 heterocycles. The lowest BCUT2D eigenvalue weighted by Gasteiger charge is -2.15. The molecule has 0 aromatic heterocycles. The lowest BCUT2D eigenvalue weighted by molar-refractivity contribution is 0.248. The monoisotopic (exact) mass is 302 g/mol. The minimum atomic E-state index is -0.150. The molecule has 0 saturated carbocycles. The maximum Gasteiger partial charge on any atom is 0.319 e. The van der Waals surface area contributed by atoms with Crippen molar-refractivity contribution in [3.8, 4) is 0 Å². The van der Waals surface area contributed by atoms with Gasteiger partial charge < -0.3 is 10.6 Å². The van der Waals surface area contributed by atoms with Gasteiger partial charge in [-0.05, 0) is 35.4 Å². The number of anilines is 1. The Morgan fingerprint density at radius 1 is 0.913 bits per heavy atom. The molecule has 3 aromatic rings. The van der Waals surface area contributed by atoms with Gasteiger partial charge in [0.15, 0.2) is 0 Å². The van der Waals surface area contributed by atoms with Crippen LogP contribution in [0.2, 0.25) is 0 Å². The largest absolute Gasteiger partial charge is 0.331 e. The summed E-state index contributed by atoms with van der Waals surface area (Å²) in [6.45, 7) is 0. The van der Waals surface area contributed by atoms with E-state index in [1.54, 1.807) is 0 Å². The van der Waals surface area contributed by atoms with Crippen LogP contribution in [-0.4, -0.2) is 6.03 Å². The highest BCUT2D eigenvalue weighted by molar-refractivity contribution is 6.01. The quantitative estimate of drug-likeness (QED) is 0.711. The fourth-order valence-electron chi connectivity index (χ4n) is 3.36. The van der Waals surface area contributed by atoms with E-state index in [4.69, 9.17) is 0 Å². The number of rotatable bonds is 2. The molecule has 0 fully saturated rings. The highest BCUT2D eigenvalue weighted by Crippen LogP contribution is 2.31. The van der Waals surface area contributed by atoms with Crippen molar-refractivity contribution in [2.24, 2.45) is 0 Å². The number of carbonyl (C=O) groups excluding carboxylic acids is 1. The molecule has 1 unspecified atom stereocenters. The van der Waals surface area contributed by atoms with E-state index in [1.807, 2.05) is 48.5 Å². The molecule has 23 heavy (non-hydrogen) atoms. The third-order valence-electron chi connectivity index (χ3n) is 4.48. The Morgan fingerprint density at radius 3 is 2.65 bits per heavy atom. The maximum absolute atomic E-state index is 12.4. The average molecular weight is 302 g/mol. The van der Waals surface area contributed by atoms with Gasteiger partial charge in [0.1, 0.15) is 0 Å². The fraction of sp³-hybridized carbons (Fsp3) is 0.150. The Balaban J connectivity index is 1.52. The van der Waals surface area contributed by atoms with E-state index in [1.165, 1.54) is 11.1 Å². The summed E-state index contributed by atoms with van der Waals surface area (Å²) in [4.78, 5) is 12.4. The minimum Gasteiger partial charge on any atom is -0.331 e. The van der Waals surface area contributed by atoms with Crippen LogP contribution in [-0.2, 0) is 6.42 Å². The Labute approximate surface area is 135 Å². The number of amides is 2. The van der Waals surface area contributed by atoms with Gasteiger partial charge in [-0.25, -0.2) is 4.79 Å². The van der Waals surface area contributed by atoms with Crippen molar-refractivity contribution < 1.29 is 4.79 Å². The molecule has 3 nitrogen and oxygen atoms in total. The van der Waals surface area contributed by atoms with E-state index in [0.717, 1.165) is 29.3 Å². The van der Waals surface area contributed by atoms with Crippen LogP contribution in [0, 0.1) is 0 Å². The van der Waals surface area contributed by atoms with Gasteiger partial charge in [-0.1, -0.05) is 60.7 Å². The van der Waals surface area contributed by atoms with Gasteiger partial charge in [-0.15, -0.1) is 0 Å². The zero-order chi connectivity index (χ0) is 15.6. The minimum absolute atomic E-state index is 0.0983. The molecule has 0 spiro atoms. The molecule has 0 saturated heterocycles. The third kappa shape index (κ3) is 2.66. The lowest BCUT2D eigenvalue weighted by Crippen LogP contribution is -2.31. The predicted octanol–water partition coefficient (Wildman–Crippen LogP) is 4.65. The number of hydrogen-bond acceptors (Lipinski definition) is 1. The van der Waals surface area contributed by atoms with E-state index < -0.39 is 0 Å². The molecule has 2 amide bonds. The maximum atomic E-state index is 12.4. The number of benzene rings is 3. The van der Waals surface area contributed by atoms with Gasteiger partial charge in [-0.2, -0.15) is 0 Å². The van der Waals surface area contributed by atoms with Gasteiger partial charge in [0.2, 0.25) is 0 Å². The summed E-state index contributed by atoms with van der Waals surface area (Å²) in [5, 5.41) is 8.27. The summed E-state index contributed by atoms with van der Waals surface area (Å²) >= 11 is 0. The molecule has 4 rings (SSSR count). The van der Waals surface area contributed by atoms with Crippen molar-refractivity contribution in [2.45, 2.75) is 18.9 Å². The predicted molar refractivity (Wildman–Crippen MR) is 93.6 cm³/mol. The summed E-state index contributed by atoms with van der Waals surface area (Å²) < 4.78 is 0. The normalized spacial score (nSPS) is 16.1. The number of fused-ring (bicyclic) bond motifs is 2. The van der Waals surface area contributed by atoms with E-state index in [0.29, 0.717) is 0 Å². The first-order valence-electron chi connectivity index (χ1n) is 7.94. The van der Waals surface area contributed by atoms with Crippen LogP contribution >= 0.6 is 0 Å². The van der Waals surface area contributed by atoms with E-state index in [2.05, 4.69) is 28.8 Å². The van der Waals surface area contributed by atoms with Gasteiger partial charge in [0.05, 0.1) is 11.7 Å². The zero-order valence-corrected chi connectivity index (χ0v) is 12.8. The molecule has 3 aromatic carbocycles. The second-order valence-corrected chi connectivity index (χ2v) is 5.92. The Kier molecular flexibility index (Phi) is 3.46. The Morgan fingerprint density at radius 2 is 1.70 bits per heavy atom. The standard InChI is InChI=1S/C20H18N2O/c23-20(22-19-13-12-15-7-2-4-10-17(15)19)21-18-11-5-8-14-6-1-3-9-16(14)18/h1-11,19H,12-13H2,(H2,21,22,23). The van der Waals surface area contributed by atoms with E-state index >= 15 is 0 Å². The highest BCUT2D eigenvalue weighted by Gasteiger charge is 2.23. The van der Waals surface area contributed by atoms with Crippen molar-refractivity contribution >= 4 is 22.5 Å². The molecular formula is C20H18N2O. The topological polar surface area (TPSA) is 41.1 Å². The molecule has 0 radical (unpaired) electrons. The second-order valence-electron chi connectivity index (χ2n) is 5.92. The number of carbonyl (C=O) groups is 1. The van der Waals surface area contributed by atoms with Crippen LogP contribution in [0.25, 0.3) is 10.8 Å². The molecule has 114 valence electrons. The summed E-state index contributed by atoms with van der Waals surface area (Å²) in [6.07, 6.45) is 1.98. The van der Waals surface area contributed by atoms with Crippen LogP contribution < -0.4 is 10.6 Å². The first kappa shape index (κ1) is 13.8. The van der Waals surface area contributed by atoms with Crippen LogP contribution in [0.5, 0.6) is 0 Å². The number of hydrogen-bond donors (Lipinski definition) is 2. The van der Waals surface area contributed by atoms with Crippen molar-refractivity contribution in [1.29, 1.82) is 0 Å². The fourth-order valence-corrected chi connectivity index (χ4v) is 3.36. The van der Waals surface area contributed by atoms with Gasteiger partial charge in [-0.3, -0.25) is 0 Å². The summed E-state index contributed by atoms with van der Waals surface area (Å²) in [5.41, 5.74) is 3.41. The molecule has 1 aliphatic carbocycles. The SMILES string of the molecule is O=C(Nc1cccc2ccccc12)NC1CCc2ccccc21. The van der Waals surface area contributed by atoms with Gasteiger partial charge in [0, 0.05) is 5.39 Å². The first-order valence-corrected chi connectivity index (χ1v) is 7.94. The average Bonchev–Trinajstić information content (AvgIpc) is 2.98. The van der Waals surface area contributed by atoms with Crippen molar-refractivity contribution in [2.75, 3.05) is 5.32 Å². The lowest BCUT2D eigenvalue weighted by atomic mass is 10.1. The van der Waals surface area contributed by atoms with Crippen molar-refractivity contribution in [1.82, 2.24) is 5.32 Å². The van der Waals surface area contributed by atoms with Crippen molar-refractivity contribution in [3.63, 3.8) is 0 Å². The van der Waals surface area contributed by atoms with E-state index in [-0.39, 0.29) is 12.1 Å². The summed E-state index contributed by atoms with van der Waals surface area (Å²) in [5.74, 6) is 0.